The third-order valence-electron chi connectivity index (χ3n) is 4.83. The largest absolute Gasteiger partial charge is 0.481 e. The molecule has 2 atom stereocenters. The number of nitrogens with zero attached hydrogens (tertiary/aromatic N) is 4. The highest BCUT2D eigenvalue weighted by molar-refractivity contribution is 5.85. The Morgan fingerprint density at radius 3 is 2.91 bits per heavy atom. The molecular weight excluding hydrogens is 312 g/mol. The van der Waals surface area contributed by atoms with Crippen LogP contribution in [0.15, 0.2) is 12.3 Å². The topological polar surface area (TPSA) is 102 Å². The van der Waals surface area contributed by atoms with Crippen LogP contribution in [0.3, 0.4) is 0 Å². The maximum Gasteiger partial charge on any atom is 0.389 e. The van der Waals surface area contributed by atoms with Crippen LogP contribution in [0.4, 0.5) is 5.82 Å². The number of carbonyl (C=O) groups is 1. The Labute approximate surface area is 133 Å². The molecule has 0 amide bonds. The van der Waals surface area contributed by atoms with Crippen molar-refractivity contribution in [2.24, 2.45) is 11.3 Å². The summed E-state index contributed by atoms with van der Waals surface area (Å²) in [6.07, 6.45) is 4.32. The van der Waals surface area contributed by atoms with Crippen molar-refractivity contribution >= 4 is 24.2 Å². The predicted octanol–water partition coefficient (Wildman–Crippen LogP) is 1.40. The Hall–Kier alpha value is -1.67. The molecule has 1 N–H and O–H groups in total. The van der Waals surface area contributed by atoms with Gasteiger partial charge in [0.25, 0.3) is 0 Å². The van der Waals surface area contributed by atoms with Crippen LogP contribution >= 0.6 is 12.4 Å². The molecule has 2 fully saturated rings. The zero-order valence-corrected chi connectivity index (χ0v) is 12.9. The number of hydrogen-bond donors (Lipinski definition) is 1. The zero-order valence-electron chi connectivity index (χ0n) is 12.1. The minimum Gasteiger partial charge on any atom is -0.481 e. The van der Waals surface area contributed by atoms with Gasteiger partial charge in [0.1, 0.15) is 0 Å². The standard InChI is InChI=1S/C13H18N4O4.ClH/c18-12(19)13-4-1-2-10(13)8-15(9-13)6-7-16-5-3-11(14-16)17(20)21;/h3,5,10H,1-2,4,6-9H2,(H,18,19);1H/t10-,13+;/m0./s1. The molecule has 0 bridgehead atoms. The van der Waals surface area contributed by atoms with Gasteiger partial charge in [-0.2, -0.15) is 4.68 Å². The van der Waals surface area contributed by atoms with E-state index in [4.69, 9.17) is 0 Å². The number of rotatable bonds is 5. The molecule has 2 aliphatic rings. The summed E-state index contributed by atoms with van der Waals surface area (Å²) in [5.74, 6) is -0.598. The van der Waals surface area contributed by atoms with Gasteiger partial charge in [-0.15, -0.1) is 12.4 Å². The molecule has 0 unspecified atom stereocenters. The molecule has 0 spiro atoms. The zero-order chi connectivity index (χ0) is 15.0. The molecule has 1 aromatic rings. The average Bonchev–Trinajstić information content (AvgIpc) is 3.09. The molecule has 0 radical (unpaired) electrons. The molecule has 0 aromatic carbocycles. The van der Waals surface area contributed by atoms with E-state index in [0.717, 1.165) is 25.8 Å². The van der Waals surface area contributed by atoms with Gasteiger partial charge >= 0.3 is 11.8 Å². The highest BCUT2D eigenvalue weighted by Gasteiger charge is 2.54. The van der Waals surface area contributed by atoms with Crippen molar-refractivity contribution in [2.45, 2.75) is 25.8 Å². The lowest BCUT2D eigenvalue weighted by atomic mass is 9.81. The monoisotopic (exact) mass is 330 g/mol. The first-order valence-corrected chi connectivity index (χ1v) is 7.15. The van der Waals surface area contributed by atoms with Crippen LogP contribution in [0.2, 0.25) is 0 Å². The van der Waals surface area contributed by atoms with Crippen LogP contribution in [0, 0.1) is 21.4 Å². The number of aliphatic carboxylic acids is 1. The van der Waals surface area contributed by atoms with Crippen molar-refractivity contribution in [3.8, 4) is 0 Å². The second kappa shape index (κ2) is 6.21. The van der Waals surface area contributed by atoms with Gasteiger partial charge in [-0.05, 0) is 23.7 Å². The second-order valence-electron chi connectivity index (χ2n) is 5.98. The van der Waals surface area contributed by atoms with Crippen LogP contribution in [0.1, 0.15) is 19.3 Å². The summed E-state index contributed by atoms with van der Waals surface area (Å²) in [6.45, 7) is 2.59. The van der Waals surface area contributed by atoms with E-state index in [1.165, 1.54) is 6.07 Å². The number of aromatic nitrogens is 2. The molecule has 1 aromatic heterocycles. The fourth-order valence-corrected chi connectivity index (χ4v) is 3.73. The second-order valence-corrected chi connectivity index (χ2v) is 5.98. The summed E-state index contributed by atoms with van der Waals surface area (Å²) >= 11 is 0. The Morgan fingerprint density at radius 1 is 1.55 bits per heavy atom. The molecule has 1 saturated heterocycles. The van der Waals surface area contributed by atoms with E-state index < -0.39 is 16.3 Å². The van der Waals surface area contributed by atoms with Gasteiger partial charge in [0.2, 0.25) is 0 Å². The highest BCUT2D eigenvalue weighted by Crippen LogP contribution is 2.48. The van der Waals surface area contributed by atoms with Crippen molar-refractivity contribution in [1.29, 1.82) is 0 Å². The number of fused-ring (bicyclic) bond motifs is 1. The molecule has 22 heavy (non-hydrogen) atoms. The lowest BCUT2D eigenvalue weighted by molar-refractivity contribution is -0.389. The van der Waals surface area contributed by atoms with E-state index in [2.05, 4.69) is 10.00 Å². The van der Waals surface area contributed by atoms with Crippen LogP contribution in [-0.4, -0.2) is 50.3 Å². The molecule has 9 heteroatoms. The number of carboxylic acids is 1. The normalized spacial score (nSPS) is 27.4. The van der Waals surface area contributed by atoms with E-state index >= 15 is 0 Å². The van der Waals surface area contributed by atoms with Gasteiger partial charge in [-0.3, -0.25) is 9.69 Å². The molecule has 1 aliphatic carbocycles. The minimum atomic E-state index is -0.678. The SMILES string of the molecule is Cl.O=C(O)[C@@]12CCC[C@H]1CN(CCn1ccc([N+](=O)[O-])n1)C2. The van der Waals surface area contributed by atoms with Crippen molar-refractivity contribution < 1.29 is 14.8 Å². The number of hydrogen-bond acceptors (Lipinski definition) is 5. The number of nitro groups is 1. The summed E-state index contributed by atoms with van der Waals surface area (Å²) in [6, 6.07) is 1.37. The average molecular weight is 331 g/mol. The Morgan fingerprint density at radius 2 is 2.32 bits per heavy atom. The van der Waals surface area contributed by atoms with Crippen LogP contribution < -0.4 is 0 Å². The first-order chi connectivity index (χ1) is 10.0. The van der Waals surface area contributed by atoms with Crippen LogP contribution in [-0.2, 0) is 11.3 Å². The van der Waals surface area contributed by atoms with E-state index in [-0.39, 0.29) is 24.1 Å². The van der Waals surface area contributed by atoms with Crippen LogP contribution in [0.5, 0.6) is 0 Å². The maximum absolute atomic E-state index is 11.6. The third kappa shape index (κ3) is 2.80. The molecule has 122 valence electrons. The maximum atomic E-state index is 11.6. The van der Waals surface area contributed by atoms with Gasteiger partial charge in [0.05, 0.1) is 29.3 Å². The number of halogens is 1. The smallest absolute Gasteiger partial charge is 0.389 e. The van der Waals surface area contributed by atoms with Gasteiger partial charge in [0.15, 0.2) is 0 Å². The van der Waals surface area contributed by atoms with Gasteiger partial charge < -0.3 is 15.2 Å². The Balaban J connectivity index is 0.00000176. The Kier molecular flexibility index (Phi) is 4.72. The van der Waals surface area contributed by atoms with E-state index in [0.29, 0.717) is 19.6 Å². The van der Waals surface area contributed by atoms with Crippen molar-refractivity contribution in [3.63, 3.8) is 0 Å². The van der Waals surface area contributed by atoms with Crippen molar-refractivity contribution in [3.05, 3.63) is 22.4 Å². The first kappa shape index (κ1) is 16.7. The molecule has 1 saturated carbocycles. The first-order valence-electron chi connectivity index (χ1n) is 7.15. The lowest BCUT2D eigenvalue weighted by Gasteiger charge is -2.23. The predicted molar refractivity (Wildman–Crippen MR) is 80.0 cm³/mol. The summed E-state index contributed by atoms with van der Waals surface area (Å²) in [7, 11) is 0. The molecule has 2 heterocycles. The van der Waals surface area contributed by atoms with Gasteiger partial charge in [-0.1, -0.05) is 6.42 Å². The highest BCUT2D eigenvalue weighted by atomic mass is 35.5. The number of carboxylic acid groups (broad SMARTS) is 1. The van der Waals surface area contributed by atoms with Crippen LogP contribution in [0.25, 0.3) is 0 Å². The fraction of sp³-hybridized carbons (Fsp3) is 0.692. The Bertz CT molecular complexity index is 578. The summed E-state index contributed by atoms with van der Waals surface area (Å²) in [5.41, 5.74) is -0.573. The van der Waals surface area contributed by atoms with Crippen molar-refractivity contribution in [1.82, 2.24) is 14.7 Å². The lowest BCUT2D eigenvalue weighted by Crippen LogP contribution is -2.36. The third-order valence-corrected chi connectivity index (χ3v) is 4.83. The van der Waals surface area contributed by atoms with E-state index in [1.54, 1.807) is 10.9 Å². The van der Waals surface area contributed by atoms with E-state index in [1.807, 2.05) is 0 Å². The van der Waals surface area contributed by atoms with Gasteiger partial charge in [-0.25, -0.2) is 0 Å². The summed E-state index contributed by atoms with van der Waals surface area (Å²) < 4.78 is 1.54. The van der Waals surface area contributed by atoms with Crippen molar-refractivity contribution in [2.75, 3.05) is 19.6 Å². The fourth-order valence-electron chi connectivity index (χ4n) is 3.73. The number of likely N-dealkylation sites (tertiary alicyclic amines) is 1. The van der Waals surface area contributed by atoms with Gasteiger partial charge in [0, 0.05) is 19.6 Å². The summed E-state index contributed by atoms with van der Waals surface area (Å²) in [5, 5.41) is 24.0. The molecule has 1 aliphatic heterocycles. The quantitative estimate of drug-likeness (QED) is 0.646. The van der Waals surface area contributed by atoms with E-state index in [9.17, 15) is 20.0 Å². The molecule has 3 rings (SSSR count). The molecular formula is C13H19ClN4O4. The minimum absolute atomic E-state index is 0. The molecule has 8 nitrogen and oxygen atoms in total. The summed E-state index contributed by atoms with van der Waals surface area (Å²) in [4.78, 5) is 23.8.